The Kier molecular flexibility index (Phi) is 7.13. The van der Waals surface area contributed by atoms with Gasteiger partial charge in [-0.1, -0.05) is 30.3 Å². The molecule has 2 aliphatic heterocycles. The Balaban J connectivity index is 1.49. The normalized spacial score (nSPS) is 20.8. The summed E-state index contributed by atoms with van der Waals surface area (Å²) in [6, 6.07) is 12.0. The van der Waals surface area contributed by atoms with E-state index < -0.39 is 11.7 Å². The lowest BCUT2D eigenvalue weighted by molar-refractivity contribution is -0.137. The highest BCUT2D eigenvalue weighted by molar-refractivity contribution is 6.00. The zero-order valence-corrected chi connectivity index (χ0v) is 17.7. The summed E-state index contributed by atoms with van der Waals surface area (Å²) in [6.45, 7) is 4.88. The molecule has 2 aromatic carbocycles. The van der Waals surface area contributed by atoms with Crippen LogP contribution in [-0.4, -0.2) is 62.9 Å². The highest BCUT2D eigenvalue weighted by atomic mass is 19.4. The van der Waals surface area contributed by atoms with Gasteiger partial charge in [0.05, 0.1) is 25.4 Å². The van der Waals surface area contributed by atoms with Gasteiger partial charge < -0.3 is 14.8 Å². The number of amides is 1. The average Bonchev–Trinajstić information content (AvgIpc) is 3.34. The first-order valence-corrected chi connectivity index (χ1v) is 10.9. The van der Waals surface area contributed by atoms with Crippen LogP contribution in [0.1, 0.15) is 22.3 Å². The van der Waals surface area contributed by atoms with E-state index in [1.165, 1.54) is 12.1 Å². The van der Waals surface area contributed by atoms with Crippen molar-refractivity contribution < 1.29 is 27.4 Å². The molecular formula is C24H27F3N2O3. The molecule has 5 nitrogen and oxygen atoms in total. The van der Waals surface area contributed by atoms with Crippen molar-refractivity contribution in [3.05, 3.63) is 59.7 Å². The van der Waals surface area contributed by atoms with Gasteiger partial charge in [0, 0.05) is 43.8 Å². The number of hydrogen-bond acceptors (Lipinski definition) is 4. The first kappa shape index (κ1) is 22.8. The van der Waals surface area contributed by atoms with Crippen LogP contribution in [0.3, 0.4) is 0 Å². The summed E-state index contributed by atoms with van der Waals surface area (Å²) in [5.41, 5.74) is 0.898. The molecule has 8 heteroatoms. The number of nitrogens with zero attached hydrogens (tertiary/aromatic N) is 1. The van der Waals surface area contributed by atoms with E-state index in [1.807, 2.05) is 0 Å². The van der Waals surface area contributed by atoms with Crippen LogP contribution in [0, 0.1) is 5.92 Å². The fourth-order valence-electron chi connectivity index (χ4n) is 4.42. The number of carbonyl (C=O) groups is 1. The molecule has 2 aliphatic rings. The lowest BCUT2D eigenvalue weighted by Crippen LogP contribution is -2.52. The summed E-state index contributed by atoms with van der Waals surface area (Å²) in [7, 11) is 0. The summed E-state index contributed by atoms with van der Waals surface area (Å²) in [5, 5.41) is 3.06. The van der Waals surface area contributed by atoms with Gasteiger partial charge in [0.15, 0.2) is 0 Å². The molecule has 1 amide bonds. The summed E-state index contributed by atoms with van der Waals surface area (Å²) in [6.07, 6.45) is -3.44. The lowest BCUT2D eigenvalue weighted by atomic mass is 9.96. The van der Waals surface area contributed by atoms with Crippen molar-refractivity contribution in [3.63, 3.8) is 0 Å². The first-order valence-electron chi connectivity index (χ1n) is 10.9. The number of halogens is 3. The molecule has 1 N–H and O–H groups in total. The third-order valence-electron chi connectivity index (χ3n) is 6.19. The van der Waals surface area contributed by atoms with Crippen molar-refractivity contribution in [1.29, 1.82) is 0 Å². The number of benzene rings is 2. The number of alkyl halides is 3. The average molecular weight is 448 g/mol. The molecule has 2 aromatic rings. The molecule has 0 radical (unpaired) electrons. The number of carbonyl (C=O) groups excluding carboxylic acids is 1. The highest BCUT2D eigenvalue weighted by Crippen LogP contribution is 2.32. The molecule has 172 valence electrons. The lowest BCUT2D eigenvalue weighted by Gasteiger charge is -2.37. The van der Waals surface area contributed by atoms with E-state index in [1.54, 1.807) is 24.3 Å². The van der Waals surface area contributed by atoms with Crippen LogP contribution in [0.4, 0.5) is 13.2 Å². The second-order valence-electron chi connectivity index (χ2n) is 8.17. The zero-order chi connectivity index (χ0) is 22.6. The Morgan fingerprint density at radius 3 is 2.41 bits per heavy atom. The number of nitrogens with one attached hydrogen (secondary N) is 1. The van der Waals surface area contributed by atoms with Gasteiger partial charge in [-0.15, -0.1) is 0 Å². The number of morpholine rings is 1. The maximum Gasteiger partial charge on any atom is 0.416 e. The van der Waals surface area contributed by atoms with E-state index in [-0.39, 0.29) is 11.9 Å². The van der Waals surface area contributed by atoms with Gasteiger partial charge in [-0.3, -0.25) is 9.69 Å². The SMILES string of the molecule is O=C(NCC(C1CCOC1)N1CCOCC1)c1ccccc1-c1ccc(C(F)(F)F)cc1. The van der Waals surface area contributed by atoms with Crippen molar-refractivity contribution in [2.45, 2.75) is 18.6 Å². The van der Waals surface area contributed by atoms with Crippen LogP contribution >= 0.6 is 0 Å². The molecule has 4 rings (SSSR count). The Hall–Kier alpha value is -2.42. The van der Waals surface area contributed by atoms with Gasteiger partial charge in [-0.05, 0) is 35.7 Å². The van der Waals surface area contributed by atoms with E-state index in [0.29, 0.717) is 49.0 Å². The van der Waals surface area contributed by atoms with E-state index >= 15 is 0 Å². The van der Waals surface area contributed by atoms with Crippen LogP contribution in [0.5, 0.6) is 0 Å². The highest BCUT2D eigenvalue weighted by Gasteiger charge is 2.32. The van der Waals surface area contributed by atoms with Gasteiger partial charge in [-0.2, -0.15) is 13.2 Å². The molecule has 2 saturated heterocycles. The number of rotatable bonds is 6. The van der Waals surface area contributed by atoms with Gasteiger partial charge in [0.2, 0.25) is 0 Å². The molecule has 0 spiro atoms. The Labute approximate surface area is 185 Å². The van der Waals surface area contributed by atoms with Crippen LogP contribution in [-0.2, 0) is 15.7 Å². The predicted octanol–water partition coefficient (Wildman–Crippen LogP) is 3.84. The fraction of sp³-hybridized carbons (Fsp3) is 0.458. The molecule has 2 atom stereocenters. The quantitative estimate of drug-likeness (QED) is 0.730. The predicted molar refractivity (Wildman–Crippen MR) is 114 cm³/mol. The van der Waals surface area contributed by atoms with E-state index in [4.69, 9.17) is 9.47 Å². The molecule has 2 fully saturated rings. The van der Waals surface area contributed by atoms with Crippen molar-refractivity contribution in [3.8, 4) is 11.1 Å². The standard InChI is InChI=1S/C24H27F3N2O3/c25-24(26,27)19-7-5-17(6-8-19)20-3-1-2-4-21(20)23(30)28-15-22(18-9-12-32-16-18)29-10-13-31-14-11-29/h1-8,18,22H,9-16H2,(H,28,30). The van der Waals surface area contributed by atoms with E-state index in [9.17, 15) is 18.0 Å². The summed E-state index contributed by atoms with van der Waals surface area (Å²) >= 11 is 0. The van der Waals surface area contributed by atoms with Gasteiger partial charge in [-0.25, -0.2) is 0 Å². The van der Waals surface area contributed by atoms with Gasteiger partial charge in [0.25, 0.3) is 5.91 Å². The summed E-state index contributed by atoms with van der Waals surface area (Å²) in [4.78, 5) is 15.5. The molecule has 0 aromatic heterocycles. The molecule has 2 unspecified atom stereocenters. The minimum atomic E-state index is -4.39. The smallest absolute Gasteiger partial charge is 0.381 e. The molecule has 0 saturated carbocycles. The van der Waals surface area contributed by atoms with E-state index in [0.717, 1.165) is 38.2 Å². The maximum atomic E-state index is 13.1. The van der Waals surface area contributed by atoms with Gasteiger partial charge >= 0.3 is 6.18 Å². The molecule has 2 heterocycles. The largest absolute Gasteiger partial charge is 0.416 e. The Morgan fingerprint density at radius 1 is 1.03 bits per heavy atom. The third-order valence-corrected chi connectivity index (χ3v) is 6.19. The monoisotopic (exact) mass is 448 g/mol. The minimum absolute atomic E-state index is 0.156. The number of ether oxygens (including phenoxy) is 2. The van der Waals surface area contributed by atoms with Crippen LogP contribution in [0.2, 0.25) is 0 Å². The van der Waals surface area contributed by atoms with Gasteiger partial charge in [0.1, 0.15) is 0 Å². The van der Waals surface area contributed by atoms with Crippen LogP contribution < -0.4 is 5.32 Å². The Bertz CT molecular complexity index is 905. The maximum absolute atomic E-state index is 13.1. The van der Waals surface area contributed by atoms with Crippen molar-refractivity contribution in [2.75, 3.05) is 46.1 Å². The van der Waals surface area contributed by atoms with Crippen molar-refractivity contribution >= 4 is 5.91 Å². The molecule has 32 heavy (non-hydrogen) atoms. The van der Waals surface area contributed by atoms with E-state index in [2.05, 4.69) is 10.2 Å². The second kappa shape index (κ2) is 10.0. The number of hydrogen-bond donors (Lipinski definition) is 1. The molecule has 0 aliphatic carbocycles. The first-order chi connectivity index (χ1) is 15.4. The van der Waals surface area contributed by atoms with Crippen LogP contribution in [0.15, 0.2) is 48.5 Å². The second-order valence-corrected chi connectivity index (χ2v) is 8.17. The third kappa shape index (κ3) is 5.31. The summed E-state index contributed by atoms with van der Waals surface area (Å²) < 4.78 is 49.8. The van der Waals surface area contributed by atoms with Crippen molar-refractivity contribution in [2.24, 2.45) is 5.92 Å². The van der Waals surface area contributed by atoms with Crippen LogP contribution in [0.25, 0.3) is 11.1 Å². The fourth-order valence-corrected chi connectivity index (χ4v) is 4.42. The Morgan fingerprint density at radius 2 is 1.75 bits per heavy atom. The zero-order valence-electron chi connectivity index (χ0n) is 17.7. The summed E-state index contributed by atoms with van der Waals surface area (Å²) in [5.74, 6) is 0.108. The molecule has 0 bridgehead atoms. The molecular weight excluding hydrogens is 421 g/mol. The topological polar surface area (TPSA) is 50.8 Å². The minimum Gasteiger partial charge on any atom is -0.381 e. The van der Waals surface area contributed by atoms with Crippen molar-refractivity contribution in [1.82, 2.24) is 10.2 Å².